The molecular formula is C27H30F2IN3O4S. The highest BCUT2D eigenvalue weighted by atomic mass is 127. The largest absolute Gasteiger partial charge is 0.390 e. The SMILES string of the molecule is CN(C)C(=O)c1cccc(S(=O)(=O)N(CCc2cc(F)cc(F)c2)C[C@H](O)CNCc2cccc(I)c2)c1. The summed E-state index contributed by atoms with van der Waals surface area (Å²) in [4.78, 5) is 13.6. The maximum absolute atomic E-state index is 13.7. The Hall–Kier alpha value is -2.45. The van der Waals surface area contributed by atoms with Gasteiger partial charge in [-0.05, 0) is 82.6 Å². The molecule has 0 spiro atoms. The fourth-order valence-corrected chi connectivity index (χ4v) is 5.98. The molecule has 11 heteroatoms. The topological polar surface area (TPSA) is 90.0 Å². The fourth-order valence-electron chi connectivity index (χ4n) is 3.85. The number of hydrogen-bond donors (Lipinski definition) is 2. The van der Waals surface area contributed by atoms with Crippen LogP contribution >= 0.6 is 22.6 Å². The van der Waals surface area contributed by atoms with Crippen LogP contribution in [0.3, 0.4) is 0 Å². The molecule has 0 aliphatic heterocycles. The Labute approximate surface area is 235 Å². The van der Waals surface area contributed by atoms with E-state index in [1.807, 2.05) is 24.3 Å². The smallest absolute Gasteiger partial charge is 0.253 e. The van der Waals surface area contributed by atoms with Gasteiger partial charge in [0, 0.05) is 55.5 Å². The molecular weight excluding hydrogens is 627 g/mol. The Morgan fingerprint density at radius 1 is 1.00 bits per heavy atom. The number of nitrogens with one attached hydrogen (secondary N) is 1. The minimum atomic E-state index is -4.16. The number of carbonyl (C=O) groups is 1. The predicted octanol–water partition coefficient (Wildman–Crippen LogP) is 3.66. The van der Waals surface area contributed by atoms with E-state index < -0.39 is 27.8 Å². The standard InChI is InChI=1S/C27H30F2IN3O4S/c1-32(2)27(35)21-6-4-8-26(14-21)38(36,37)33(10-9-19-11-22(28)15-23(29)12-19)18-25(34)17-31-16-20-5-3-7-24(30)13-20/h3-8,11-15,25,31,34H,9-10,16-18H2,1-2H3/t25-/m1/s1. The molecule has 0 heterocycles. The van der Waals surface area contributed by atoms with Crippen LogP contribution in [0.4, 0.5) is 8.78 Å². The number of carbonyl (C=O) groups excluding carboxylic acids is 1. The summed E-state index contributed by atoms with van der Waals surface area (Å²) >= 11 is 2.21. The van der Waals surface area contributed by atoms with Crippen LogP contribution in [0.15, 0.2) is 71.6 Å². The van der Waals surface area contributed by atoms with E-state index in [4.69, 9.17) is 0 Å². The van der Waals surface area contributed by atoms with Gasteiger partial charge in [-0.25, -0.2) is 17.2 Å². The molecule has 3 aromatic carbocycles. The van der Waals surface area contributed by atoms with Crippen LogP contribution in [-0.2, 0) is 23.0 Å². The molecule has 0 saturated heterocycles. The quantitative estimate of drug-likeness (QED) is 0.291. The number of halogens is 3. The van der Waals surface area contributed by atoms with Crippen molar-refractivity contribution in [2.24, 2.45) is 0 Å². The molecule has 0 bridgehead atoms. The first kappa shape index (κ1) is 30.1. The zero-order valence-corrected chi connectivity index (χ0v) is 24.0. The van der Waals surface area contributed by atoms with Gasteiger partial charge in [0.2, 0.25) is 10.0 Å². The van der Waals surface area contributed by atoms with Crippen LogP contribution in [0.2, 0.25) is 0 Å². The van der Waals surface area contributed by atoms with E-state index in [2.05, 4.69) is 27.9 Å². The first-order chi connectivity index (χ1) is 18.0. The number of sulfonamides is 1. The van der Waals surface area contributed by atoms with Crippen molar-refractivity contribution in [3.8, 4) is 0 Å². The maximum atomic E-state index is 13.7. The second-order valence-electron chi connectivity index (χ2n) is 9.03. The van der Waals surface area contributed by atoms with Crippen molar-refractivity contribution >= 4 is 38.5 Å². The van der Waals surface area contributed by atoms with Crippen LogP contribution in [0.1, 0.15) is 21.5 Å². The van der Waals surface area contributed by atoms with Gasteiger partial charge >= 0.3 is 0 Å². The number of benzene rings is 3. The minimum absolute atomic E-state index is 0.0207. The lowest BCUT2D eigenvalue weighted by Gasteiger charge is -2.25. The third-order valence-corrected chi connectivity index (χ3v) is 8.24. The summed E-state index contributed by atoms with van der Waals surface area (Å²) in [6.45, 7) is 0.208. The highest BCUT2D eigenvalue weighted by Gasteiger charge is 2.27. The number of aliphatic hydroxyl groups excluding tert-OH is 1. The Bertz CT molecular complexity index is 1350. The molecule has 38 heavy (non-hydrogen) atoms. The van der Waals surface area contributed by atoms with E-state index in [0.29, 0.717) is 6.54 Å². The van der Waals surface area contributed by atoms with Crippen LogP contribution < -0.4 is 5.32 Å². The Morgan fingerprint density at radius 2 is 1.68 bits per heavy atom. The van der Waals surface area contributed by atoms with E-state index >= 15 is 0 Å². The fraction of sp³-hybridized carbons (Fsp3) is 0.296. The van der Waals surface area contributed by atoms with Gasteiger partial charge in [-0.2, -0.15) is 4.31 Å². The maximum Gasteiger partial charge on any atom is 0.253 e. The van der Waals surface area contributed by atoms with Crippen molar-refractivity contribution in [1.82, 2.24) is 14.5 Å². The van der Waals surface area contributed by atoms with E-state index in [1.54, 1.807) is 14.1 Å². The molecule has 1 amide bonds. The normalized spacial score (nSPS) is 12.5. The average Bonchev–Trinajstić information content (AvgIpc) is 2.85. The number of rotatable bonds is 12. The van der Waals surface area contributed by atoms with E-state index in [0.717, 1.165) is 31.6 Å². The zero-order valence-electron chi connectivity index (χ0n) is 21.1. The Morgan fingerprint density at radius 3 is 2.34 bits per heavy atom. The summed E-state index contributed by atoms with van der Waals surface area (Å²) in [6, 6.07) is 16.5. The molecule has 0 unspecified atom stereocenters. The lowest BCUT2D eigenvalue weighted by atomic mass is 10.1. The Kier molecular flexibility index (Phi) is 10.7. The molecule has 1 atom stereocenters. The third kappa shape index (κ3) is 8.53. The summed E-state index contributed by atoms with van der Waals surface area (Å²) < 4.78 is 56.8. The van der Waals surface area contributed by atoms with Gasteiger partial charge in [0.25, 0.3) is 5.91 Å². The molecule has 3 rings (SSSR count). The zero-order chi connectivity index (χ0) is 27.9. The van der Waals surface area contributed by atoms with E-state index in [1.165, 1.54) is 29.2 Å². The minimum Gasteiger partial charge on any atom is -0.390 e. The van der Waals surface area contributed by atoms with Crippen molar-refractivity contribution in [3.05, 3.63) is 98.6 Å². The lowest BCUT2D eigenvalue weighted by molar-refractivity contribution is 0.0827. The van der Waals surface area contributed by atoms with Crippen molar-refractivity contribution < 1.29 is 27.1 Å². The van der Waals surface area contributed by atoms with Crippen LogP contribution in [0.25, 0.3) is 0 Å². The molecule has 0 fully saturated rings. The van der Waals surface area contributed by atoms with Gasteiger partial charge in [0.15, 0.2) is 0 Å². The van der Waals surface area contributed by atoms with Gasteiger partial charge in [0.05, 0.1) is 11.0 Å². The molecule has 2 N–H and O–H groups in total. The summed E-state index contributed by atoms with van der Waals surface area (Å²) in [6.07, 6.45) is -1.05. The highest BCUT2D eigenvalue weighted by Crippen LogP contribution is 2.20. The van der Waals surface area contributed by atoms with E-state index in [9.17, 15) is 27.1 Å². The van der Waals surface area contributed by atoms with Crippen LogP contribution in [0.5, 0.6) is 0 Å². The molecule has 0 saturated carbocycles. The summed E-state index contributed by atoms with van der Waals surface area (Å²) in [7, 11) is -1.04. The number of aliphatic hydroxyl groups is 1. The van der Waals surface area contributed by atoms with Gasteiger partial charge in [-0.15, -0.1) is 0 Å². The average molecular weight is 658 g/mol. The molecule has 0 radical (unpaired) electrons. The second-order valence-corrected chi connectivity index (χ2v) is 12.2. The van der Waals surface area contributed by atoms with Crippen molar-refractivity contribution in [2.45, 2.75) is 24.0 Å². The lowest BCUT2D eigenvalue weighted by Crippen LogP contribution is -2.42. The predicted molar refractivity (Wildman–Crippen MR) is 150 cm³/mol. The molecule has 0 aliphatic carbocycles. The van der Waals surface area contributed by atoms with Crippen molar-refractivity contribution in [1.29, 1.82) is 0 Å². The molecule has 3 aromatic rings. The van der Waals surface area contributed by atoms with Gasteiger partial charge < -0.3 is 15.3 Å². The van der Waals surface area contributed by atoms with Gasteiger partial charge in [-0.3, -0.25) is 4.79 Å². The number of amides is 1. The Balaban J connectivity index is 1.79. The highest BCUT2D eigenvalue weighted by molar-refractivity contribution is 14.1. The summed E-state index contributed by atoms with van der Waals surface area (Å²) in [5.41, 5.74) is 1.50. The molecule has 204 valence electrons. The van der Waals surface area contributed by atoms with Crippen LogP contribution in [0, 0.1) is 15.2 Å². The van der Waals surface area contributed by atoms with Crippen molar-refractivity contribution in [3.63, 3.8) is 0 Å². The van der Waals surface area contributed by atoms with Gasteiger partial charge in [0.1, 0.15) is 11.6 Å². The van der Waals surface area contributed by atoms with Crippen molar-refractivity contribution in [2.75, 3.05) is 33.7 Å². The van der Waals surface area contributed by atoms with Gasteiger partial charge in [-0.1, -0.05) is 18.2 Å². The summed E-state index contributed by atoms with van der Waals surface area (Å²) in [5.74, 6) is -1.88. The van der Waals surface area contributed by atoms with E-state index in [-0.39, 0.29) is 48.0 Å². The second kappa shape index (κ2) is 13.6. The number of hydrogen-bond acceptors (Lipinski definition) is 5. The molecule has 0 aliphatic rings. The first-order valence-electron chi connectivity index (χ1n) is 11.9. The third-order valence-electron chi connectivity index (χ3n) is 5.71. The molecule has 7 nitrogen and oxygen atoms in total. The molecule has 0 aromatic heterocycles. The summed E-state index contributed by atoms with van der Waals surface area (Å²) in [5, 5.41) is 13.8. The monoisotopic (exact) mass is 657 g/mol. The number of nitrogens with zero attached hydrogens (tertiary/aromatic N) is 2. The first-order valence-corrected chi connectivity index (χ1v) is 14.4. The van der Waals surface area contributed by atoms with Crippen LogP contribution in [-0.4, -0.2) is 68.5 Å².